The summed E-state index contributed by atoms with van der Waals surface area (Å²) in [6.45, 7) is 4.23. The van der Waals surface area contributed by atoms with Crippen molar-refractivity contribution in [3.05, 3.63) is 35.9 Å². The number of hydrogen-bond acceptors (Lipinski definition) is 2. The van der Waals surface area contributed by atoms with Crippen molar-refractivity contribution in [1.29, 1.82) is 0 Å². The molecule has 1 rings (SSSR count). The molecule has 0 radical (unpaired) electrons. The van der Waals surface area contributed by atoms with Gasteiger partial charge in [-0.15, -0.1) is 0 Å². The lowest BCUT2D eigenvalue weighted by molar-refractivity contribution is -0.137. The maximum atomic E-state index is 10.9. The zero-order chi connectivity index (χ0) is 12.7. The molecule has 0 saturated heterocycles. The van der Waals surface area contributed by atoms with E-state index in [1.54, 1.807) is 0 Å². The molecule has 0 aliphatic carbocycles. The monoisotopic (exact) mass is 235 g/mol. The highest BCUT2D eigenvalue weighted by atomic mass is 16.4. The van der Waals surface area contributed by atoms with E-state index in [1.807, 2.05) is 30.3 Å². The van der Waals surface area contributed by atoms with Gasteiger partial charge in [-0.3, -0.25) is 4.79 Å². The summed E-state index contributed by atoms with van der Waals surface area (Å²) in [4.78, 5) is 10.9. The molecule has 1 aromatic rings. The lowest BCUT2D eigenvalue weighted by atomic mass is 10.0. The molecule has 0 fully saturated rings. The van der Waals surface area contributed by atoms with E-state index < -0.39 is 5.97 Å². The highest BCUT2D eigenvalue weighted by molar-refractivity contribution is 5.67. The Bertz CT molecular complexity index is 337. The third-order valence-corrected chi connectivity index (χ3v) is 2.79. The summed E-state index contributed by atoms with van der Waals surface area (Å²) < 4.78 is 0. The fourth-order valence-electron chi connectivity index (χ4n) is 1.99. The van der Waals surface area contributed by atoms with Crippen molar-refractivity contribution in [3.63, 3.8) is 0 Å². The van der Waals surface area contributed by atoms with E-state index >= 15 is 0 Å². The Morgan fingerprint density at radius 3 is 2.53 bits per heavy atom. The maximum absolute atomic E-state index is 10.9. The lowest BCUT2D eigenvalue weighted by Gasteiger charge is -2.22. The Hall–Kier alpha value is -1.35. The SMILES string of the molecule is CCCC(C)NC(CC(=O)O)c1ccccc1. The molecule has 17 heavy (non-hydrogen) atoms. The van der Waals surface area contributed by atoms with E-state index in [-0.39, 0.29) is 12.5 Å². The van der Waals surface area contributed by atoms with Gasteiger partial charge in [-0.1, -0.05) is 43.7 Å². The number of rotatable bonds is 7. The van der Waals surface area contributed by atoms with Crippen LogP contribution in [-0.2, 0) is 4.79 Å². The molecule has 0 aliphatic heterocycles. The topological polar surface area (TPSA) is 49.3 Å². The van der Waals surface area contributed by atoms with Crippen LogP contribution in [0.5, 0.6) is 0 Å². The number of hydrogen-bond donors (Lipinski definition) is 2. The third kappa shape index (κ3) is 5.00. The maximum Gasteiger partial charge on any atom is 0.305 e. The zero-order valence-electron chi connectivity index (χ0n) is 10.5. The third-order valence-electron chi connectivity index (χ3n) is 2.79. The summed E-state index contributed by atoms with van der Waals surface area (Å²) in [7, 11) is 0. The van der Waals surface area contributed by atoms with E-state index in [1.165, 1.54) is 0 Å². The molecule has 3 nitrogen and oxygen atoms in total. The van der Waals surface area contributed by atoms with Crippen molar-refractivity contribution in [2.45, 2.75) is 45.2 Å². The number of aliphatic carboxylic acids is 1. The molecule has 0 spiro atoms. The van der Waals surface area contributed by atoms with Crippen molar-refractivity contribution >= 4 is 5.97 Å². The number of carboxylic acid groups (broad SMARTS) is 1. The molecule has 0 aromatic heterocycles. The Morgan fingerprint density at radius 2 is 2.00 bits per heavy atom. The quantitative estimate of drug-likeness (QED) is 0.764. The summed E-state index contributed by atoms with van der Waals surface area (Å²) in [5.74, 6) is -0.768. The zero-order valence-corrected chi connectivity index (χ0v) is 10.5. The fraction of sp³-hybridized carbons (Fsp3) is 0.500. The minimum Gasteiger partial charge on any atom is -0.481 e. The molecule has 2 unspecified atom stereocenters. The highest BCUT2D eigenvalue weighted by Gasteiger charge is 2.16. The molecule has 0 aliphatic rings. The number of carboxylic acids is 1. The van der Waals surface area contributed by atoms with Crippen LogP contribution in [0.25, 0.3) is 0 Å². The smallest absolute Gasteiger partial charge is 0.305 e. The van der Waals surface area contributed by atoms with E-state index in [4.69, 9.17) is 5.11 Å². The van der Waals surface area contributed by atoms with Gasteiger partial charge in [0, 0.05) is 12.1 Å². The first kappa shape index (κ1) is 13.7. The van der Waals surface area contributed by atoms with Crippen molar-refractivity contribution in [2.75, 3.05) is 0 Å². The van der Waals surface area contributed by atoms with Crippen LogP contribution in [0.3, 0.4) is 0 Å². The first-order valence-corrected chi connectivity index (χ1v) is 6.16. The van der Waals surface area contributed by atoms with E-state index in [9.17, 15) is 4.79 Å². The minimum absolute atomic E-state index is 0.102. The van der Waals surface area contributed by atoms with Crippen LogP contribution in [0, 0.1) is 0 Å². The van der Waals surface area contributed by atoms with Crippen molar-refractivity contribution in [3.8, 4) is 0 Å². The number of nitrogens with one attached hydrogen (secondary N) is 1. The molecular weight excluding hydrogens is 214 g/mol. The predicted molar refractivity (Wildman–Crippen MR) is 68.9 cm³/mol. The van der Waals surface area contributed by atoms with Crippen LogP contribution in [0.1, 0.15) is 44.7 Å². The molecule has 0 bridgehead atoms. The van der Waals surface area contributed by atoms with Crippen LogP contribution in [0.15, 0.2) is 30.3 Å². The normalized spacial score (nSPS) is 14.2. The van der Waals surface area contributed by atoms with Crippen LogP contribution < -0.4 is 5.32 Å². The van der Waals surface area contributed by atoms with Crippen molar-refractivity contribution in [1.82, 2.24) is 5.32 Å². The Morgan fingerprint density at radius 1 is 1.35 bits per heavy atom. The Balaban J connectivity index is 2.70. The first-order chi connectivity index (χ1) is 8.13. The van der Waals surface area contributed by atoms with Gasteiger partial charge in [-0.25, -0.2) is 0 Å². The van der Waals surface area contributed by atoms with Gasteiger partial charge in [-0.2, -0.15) is 0 Å². The van der Waals surface area contributed by atoms with Crippen molar-refractivity contribution < 1.29 is 9.90 Å². The van der Waals surface area contributed by atoms with E-state index in [2.05, 4.69) is 19.2 Å². The fourth-order valence-corrected chi connectivity index (χ4v) is 1.99. The molecule has 2 N–H and O–H groups in total. The van der Waals surface area contributed by atoms with Gasteiger partial charge in [0.15, 0.2) is 0 Å². The number of benzene rings is 1. The van der Waals surface area contributed by atoms with Gasteiger partial charge >= 0.3 is 5.97 Å². The van der Waals surface area contributed by atoms with Crippen LogP contribution in [-0.4, -0.2) is 17.1 Å². The van der Waals surface area contributed by atoms with Gasteiger partial charge in [0.25, 0.3) is 0 Å². The predicted octanol–water partition coefficient (Wildman–Crippen LogP) is 2.98. The van der Waals surface area contributed by atoms with Gasteiger partial charge in [0.05, 0.1) is 6.42 Å². The minimum atomic E-state index is -0.768. The number of carbonyl (C=O) groups is 1. The molecule has 0 amide bonds. The second-order valence-corrected chi connectivity index (χ2v) is 4.42. The second kappa shape index (κ2) is 7.07. The van der Waals surface area contributed by atoms with Gasteiger partial charge < -0.3 is 10.4 Å². The molecule has 0 saturated carbocycles. The standard InChI is InChI=1S/C14H21NO2/c1-3-7-11(2)15-13(10-14(16)17)12-8-5-4-6-9-12/h4-6,8-9,11,13,15H,3,7,10H2,1-2H3,(H,16,17). The van der Waals surface area contributed by atoms with Crippen LogP contribution in [0.2, 0.25) is 0 Å². The first-order valence-electron chi connectivity index (χ1n) is 6.16. The largest absolute Gasteiger partial charge is 0.481 e. The Kier molecular flexibility index (Phi) is 5.70. The molecular formula is C14H21NO2. The second-order valence-electron chi connectivity index (χ2n) is 4.42. The van der Waals surface area contributed by atoms with Crippen LogP contribution >= 0.6 is 0 Å². The summed E-state index contributed by atoms with van der Waals surface area (Å²) in [6, 6.07) is 10.0. The molecule has 2 atom stereocenters. The molecule has 1 aromatic carbocycles. The average molecular weight is 235 g/mol. The van der Waals surface area contributed by atoms with Gasteiger partial charge in [0.1, 0.15) is 0 Å². The van der Waals surface area contributed by atoms with Crippen molar-refractivity contribution in [2.24, 2.45) is 0 Å². The van der Waals surface area contributed by atoms with Gasteiger partial charge in [-0.05, 0) is 18.9 Å². The summed E-state index contributed by atoms with van der Waals surface area (Å²) >= 11 is 0. The van der Waals surface area contributed by atoms with Crippen LogP contribution in [0.4, 0.5) is 0 Å². The summed E-state index contributed by atoms with van der Waals surface area (Å²) in [6.07, 6.45) is 2.28. The van der Waals surface area contributed by atoms with E-state index in [0.29, 0.717) is 6.04 Å². The molecule has 94 valence electrons. The van der Waals surface area contributed by atoms with Gasteiger partial charge in [0.2, 0.25) is 0 Å². The lowest BCUT2D eigenvalue weighted by Crippen LogP contribution is -2.31. The summed E-state index contributed by atoms with van der Waals surface area (Å²) in [5.41, 5.74) is 1.04. The Labute approximate surface area is 103 Å². The average Bonchev–Trinajstić information content (AvgIpc) is 2.29. The van der Waals surface area contributed by atoms with E-state index in [0.717, 1.165) is 18.4 Å². The summed E-state index contributed by atoms with van der Waals surface area (Å²) in [5, 5.41) is 12.3. The molecule has 3 heteroatoms. The molecule has 0 heterocycles. The highest BCUT2D eigenvalue weighted by Crippen LogP contribution is 2.18.